The van der Waals surface area contributed by atoms with Gasteiger partial charge in [-0.05, 0) is 48.8 Å². The fourth-order valence-electron chi connectivity index (χ4n) is 2.84. The van der Waals surface area contributed by atoms with E-state index in [1.54, 1.807) is 6.92 Å². The van der Waals surface area contributed by atoms with E-state index in [0.29, 0.717) is 22.8 Å². The van der Waals surface area contributed by atoms with Crippen LogP contribution in [0.5, 0.6) is 0 Å². The van der Waals surface area contributed by atoms with E-state index in [1.165, 1.54) is 11.1 Å². The van der Waals surface area contributed by atoms with Crippen LogP contribution in [0.2, 0.25) is 0 Å². The third-order valence-electron chi connectivity index (χ3n) is 4.13. The normalized spacial score (nSPS) is 14.3. The molecule has 2 aromatic rings. The smallest absolute Gasteiger partial charge is 0.322 e. The Morgan fingerprint density at radius 3 is 2.78 bits per heavy atom. The van der Waals surface area contributed by atoms with Gasteiger partial charge in [-0.3, -0.25) is 5.32 Å². The highest BCUT2D eigenvalue weighted by Crippen LogP contribution is 2.24. The van der Waals surface area contributed by atoms with Gasteiger partial charge >= 0.3 is 6.03 Å². The van der Waals surface area contributed by atoms with Crippen molar-refractivity contribution >= 4 is 22.6 Å². The number of nitrogens with one attached hydrogen (secondary N) is 1. The second-order valence-electron chi connectivity index (χ2n) is 5.62. The van der Waals surface area contributed by atoms with Crippen molar-refractivity contribution < 1.29 is 4.79 Å². The first-order valence-electron chi connectivity index (χ1n) is 7.68. The molecule has 6 heteroatoms. The molecule has 1 aliphatic rings. The van der Waals surface area contributed by atoms with Gasteiger partial charge in [0.2, 0.25) is 0 Å². The van der Waals surface area contributed by atoms with Crippen molar-refractivity contribution in [2.24, 2.45) is 0 Å². The number of nitrogens with zero attached hydrogens (tertiary/aromatic N) is 3. The van der Waals surface area contributed by atoms with Gasteiger partial charge in [-0.25, -0.2) is 4.79 Å². The van der Waals surface area contributed by atoms with Crippen LogP contribution in [0, 0.1) is 18.3 Å². The molecule has 3 rings (SSSR count). The van der Waals surface area contributed by atoms with Crippen LogP contribution in [0.25, 0.3) is 0 Å². The van der Waals surface area contributed by atoms with Crippen molar-refractivity contribution in [1.82, 2.24) is 9.27 Å². The van der Waals surface area contributed by atoms with E-state index in [2.05, 4.69) is 34.0 Å². The average molecular weight is 326 g/mol. The summed E-state index contributed by atoms with van der Waals surface area (Å²) >= 11 is 1.16. The summed E-state index contributed by atoms with van der Waals surface area (Å²) in [5.74, 6) is 0. The van der Waals surface area contributed by atoms with Crippen molar-refractivity contribution in [2.75, 3.05) is 18.4 Å². The van der Waals surface area contributed by atoms with Crippen molar-refractivity contribution in [3.63, 3.8) is 0 Å². The number of aryl methyl sites for hydroxylation is 2. The van der Waals surface area contributed by atoms with E-state index < -0.39 is 0 Å². The number of aromatic nitrogens is 1. The molecule has 2 amide bonds. The van der Waals surface area contributed by atoms with Gasteiger partial charge in [-0.15, -0.1) is 0 Å². The van der Waals surface area contributed by atoms with Gasteiger partial charge in [-0.2, -0.15) is 9.64 Å². The van der Waals surface area contributed by atoms with Crippen LogP contribution in [0.3, 0.4) is 0 Å². The Morgan fingerprint density at radius 2 is 2.04 bits per heavy atom. The molecule has 0 aliphatic carbocycles. The van der Waals surface area contributed by atoms with Gasteiger partial charge in [-0.1, -0.05) is 24.3 Å². The summed E-state index contributed by atoms with van der Waals surface area (Å²) in [6, 6.07) is 10.4. The SMILES string of the molecule is Cc1nsc(NC(=O)N2CCCc3ccccc3CC2)c1C#N. The monoisotopic (exact) mass is 326 g/mol. The molecule has 0 atom stereocenters. The summed E-state index contributed by atoms with van der Waals surface area (Å²) in [4.78, 5) is 14.3. The predicted octanol–water partition coefficient (Wildman–Crippen LogP) is 3.35. The van der Waals surface area contributed by atoms with Gasteiger partial charge in [0, 0.05) is 13.1 Å². The minimum Gasteiger partial charge on any atom is -0.324 e. The Bertz CT molecular complexity index is 762. The van der Waals surface area contributed by atoms with Crippen LogP contribution >= 0.6 is 11.5 Å². The molecule has 23 heavy (non-hydrogen) atoms. The third-order valence-corrected chi connectivity index (χ3v) is 4.98. The molecular formula is C17H18N4OS. The number of benzene rings is 1. The number of hydrogen-bond donors (Lipinski definition) is 1. The van der Waals surface area contributed by atoms with Crippen LogP contribution in [0.1, 0.15) is 28.8 Å². The van der Waals surface area contributed by atoms with Gasteiger partial charge in [0.05, 0.1) is 5.69 Å². The predicted molar refractivity (Wildman–Crippen MR) is 90.6 cm³/mol. The molecule has 0 saturated carbocycles. The zero-order valence-electron chi connectivity index (χ0n) is 13.0. The molecule has 1 N–H and O–H groups in total. The van der Waals surface area contributed by atoms with Gasteiger partial charge in [0.1, 0.15) is 16.6 Å². The Morgan fingerprint density at radius 1 is 1.30 bits per heavy atom. The first-order valence-corrected chi connectivity index (χ1v) is 8.45. The number of nitriles is 1. The fraction of sp³-hybridized carbons (Fsp3) is 0.353. The quantitative estimate of drug-likeness (QED) is 0.874. The standard InChI is InChI=1S/C17H18N4OS/c1-12-15(11-18)16(23-20-12)19-17(22)21-9-4-7-13-5-2-3-6-14(13)8-10-21/h2-3,5-6H,4,7-10H2,1H3,(H,19,22). The van der Waals surface area contributed by atoms with E-state index in [9.17, 15) is 4.79 Å². The van der Waals surface area contributed by atoms with Crippen LogP contribution in [0.15, 0.2) is 24.3 Å². The minimum atomic E-state index is -0.149. The first kappa shape index (κ1) is 15.5. The largest absolute Gasteiger partial charge is 0.324 e. The molecule has 118 valence electrons. The Kier molecular flexibility index (Phi) is 4.58. The highest BCUT2D eigenvalue weighted by Gasteiger charge is 2.19. The maximum absolute atomic E-state index is 12.5. The number of urea groups is 1. The zero-order chi connectivity index (χ0) is 16.2. The summed E-state index contributed by atoms with van der Waals surface area (Å²) in [5.41, 5.74) is 3.82. The van der Waals surface area contributed by atoms with Crippen LogP contribution in [0.4, 0.5) is 9.80 Å². The molecule has 0 fully saturated rings. The van der Waals surface area contributed by atoms with E-state index in [-0.39, 0.29) is 6.03 Å². The number of carbonyl (C=O) groups excluding carboxylic acids is 1. The lowest BCUT2D eigenvalue weighted by molar-refractivity contribution is 0.210. The summed E-state index contributed by atoms with van der Waals surface area (Å²) in [5, 5.41) is 12.5. The van der Waals surface area contributed by atoms with Crippen molar-refractivity contribution in [3.8, 4) is 6.07 Å². The number of anilines is 1. The topological polar surface area (TPSA) is 69.0 Å². The number of amides is 2. The Labute approximate surface area is 139 Å². The fourth-order valence-corrected chi connectivity index (χ4v) is 3.58. The van der Waals surface area contributed by atoms with E-state index in [1.807, 2.05) is 11.0 Å². The second-order valence-corrected chi connectivity index (χ2v) is 6.40. The van der Waals surface area contributed by atoms with Crippen LogP contribution < -0.4 is 5.32 Å². The molecule has 0 radical (unpaired) electrons. The first-order chi connectivity index (χ1) is 11.2. The van der Waals surface area contributed by atoms with Crippen molar-refractivity contribution in [2.45, 2.75) is 26.2 Å². The number of fused-ring (bicyclic) bond motifs is 1. The van der Waals surface area contributed by atoms with E-state index in [4.69, 9.17) is 5.26 Å². The summed E-state index contributed by atoms with van der Waals surface area (Å²) in [6.45, 7) is 3.18. The molecule has 0 spiro atoms. The molecule has 0 unspecified atom stereocenters. The number of rotatable bonds is 1. The van der Waals surface area contributed by atoms with E-state index >= 15 is 0 Å². The van der Waals surface area contributed by atoms with Crippen molar-refractivity contribution in [3.05, 3.63) is 46.6 Å². The highest BCUT2D eigenvalue weighted by atomic mass is 32.1. The molecule has 1 aliphatic heterocycles. The molecular weight excluding hydrogens is 308 g/mol. The molecule has 0 saturated heterocycles. The summed E-state index contributed by atoms with van der Waals surface area (Å²) in [7, 11) is 0. The minimum absolute atomic E-state index is 0.149. The molecule has 1 aromatic heterocycles. The van der Waals surface area contributed by atoms with Crippen LogP contribution in [-0.4, -0.2) is 28.4 Å². The second kappa shape index (κ2) is 6.80. The van der Waals surface area contributed by atoms with Gasteiger partial charge in [0.25, 0.3) is 0 Å². The lowest BCUT2D eigenvalue weighted by Crippen LogP contribution is -2.38. The summed E-state index contributed by atoms with van der Waals surface area (Å²) < 4.78 is 4.13. The maximum Gasteiger partial charge on any atom is 0.322 e. The summed E-state index contributed by atoms with van der Waals surface area (Å²) in [6.07, 6.45) is 2.79. The third kappa shape index (κ3) is 3.35. The van der Waals surface area contributed by atoms with E-state index in [0.717, 1.165) is 37.3 Å². The number of hydrogen-bond acceptors (Lipinski definition) is 4. The zero-order valence-corrected chi connectivity index (χ0v) is 13.8. The molecule has 0 bridgehead atoms. The molecule has 5 nitrogen and oxygen atoms in total. The Balaban J connectivity index is 1.70. The molecule has 2 heterocycles. The number of carbonyl (C=O) groups is 1. The molecule has 1 aromatic carbocycles. The van der Waals surface area contributed by atoms with Gasteiger partial charge in [0.15, 0.2) is 0 Å². The average Bonchev–Trinajstić information content (AvgIpc) is 2.88. The van der Waals surface area contributed by atoms with Crippen molar-refractivity contribution in [1.29, 1.82) is 5.26 Å². The lowest BCUT2D eigenvalue weighted by atomic mass is 9.98. The van der Waals surface area contributed by atoms with Gasteiger partial charge < -0.3 is 4.90 Å². The highest BCUT2D eigenvalue weighted by molar-refractivity contribution is 7.10. The van der Waals surface area contributed by atoms with Crippen LogP contribution in [-0.2, 0) is 12.8 Å². The lowest BCUT2D eigenvalue weighted by Gasteiger charge is -2.26. The Hall–Kier alpha value is -2.39. The maximum atomic E-state index is 12.5.